The van der Waals surface area contributed by atoms with E-state index >= 15 is 0 Å². The number of likely N-dealkylation sites (tertiary alicyclic amines) is 1. The van der Waals surface area contributed by atoms with Gasteiger partial charge in [0.15, 0.2) is 0 Å². The molecule has 0 atom stereocenters. The van der Waals surface area contributed by atoms with E-state index in [9.17, 15) is 4.79 Å². The fourth-order valence-electron chi connectivity index (χ4n) is 6.03. The molecule has 0 radical (unpaired) electrons. The summed E-state index contributed by atoms with van der Waals surface area (Å²) in [5.41, 5.74) is 0.639. The molecule has 4 nitrogen and oxygen atoms in total. The van der Waals surface area contributed by atoms with Gasteiger partial charge in [0.05, 0.1) is 24.7 Å². The highest BCUT2D eigenvalue weighted by molar-refractivity contribution is 5.80. The Kier molecular flexibility index (Phi) is 3.51. The summed E-state index contributed by atoms with van der Waals surface area (Å²) in [5.74, 6) is 4.61. The van der Waals surface area contributed by atoms with E-state index in [4.69, 9.17) is 10.00 Å². The van der Waals surface area contributed by atoms with Crippen LogP contribution >= 0.6 is 0 Å². The minimum Gasteiger partial charge on any atom is -0.487 e. The quantitative estimate of drug-likeness (QED) is 0.851. The first-order valence-corrected chi connectivity index (χ1v) is 9.65. The summed E-state index contributed by atoms with van der Waals surface area (Å²) in [5, 5.41) is 8.84. The molecule has 1 saturated heterocycles. The molecule has 1 aliphatic heterocycles. The van der Waals surface area contributed by atoms with E-state index in [1.165, 1.54) is 32.1 Å². The van der Waals surface area contributed by atoms with Crippen molar-refractivity contribution in [2.75, 3.05) is 13.1 Å². The maximum absolute atomic E-state index is 13.0. The van der Waals surface area contributed by atoms with E-state index in [2.05, 4.69) is 6.07 Å². The van der Waals surface area contributed by atoms with Crippen LogP contribution in [0.5, 0.6) is 5.75 Å². The highest BCUT2D eigenvalue weighted by atomic mass is 16.5. The molecule has 1 amide bonds. The van der Waals surface area contributed by atoms with Gasteiger partial charge in [-0.25, -0.2) is 0 Å². The van der Waals surface area contributed by atoms with Crippen LogP contribution in [0.4, 0.5) is 0 Å². The van der Waals surface area contributed by atoms with Gasteiger partial charge in [-0.3, -0.25) is 4.79 Å². The zero-order valence-electron chi connectivity index (χ0n) is 14.4. The number of carbonyl (C=O) groups excluding carboxylic acids is 1. The molecule has 1 aromatic carbocycles. The Morgan fingerprint density at radius 2 is 1.60 bits per heavy atom. The molecule has 4 aliphatic carbocycles. The Hall–Kier alpha value is -2.02. The number of hydrogen-bond donors (Lipinski definition) is 0. The third kappa shape index (κ3) is 2.61. The van der Waals surface area contributed by atoms with Crippen molar-refractivity contribution < 1.29 is 9.53 Å². The first-order valence-electron chi connectivity index (χ1n) is 9.65. The van der Waals surface area contributed by atoms with Crippen LogP contribution in [0.15, 0.2) is 24.3 Å². The topological polar surface area (TPSA) is 53.3 Å². The second kappa shape index (κ2) is 5.76. The van der Waals surface area contributed by atoms with Crippen LogP contribution < -0.4 is 4.74 Å². The zero-order chi connectivity index (χ0) is 17.0. The van der Waals surface area contributed by atoms with Crippen LogP contribution in [-0.2, 0) is 4.79 Å². The third-order valence-corrected chi connectivity index (χ3v) is 6.96. The normalized spacial score (nSPS) is 36.0. The van der Waals surface area contributed by atoms with E-state index < -0.39 is 0 Å². The Bertz CT molecular complexity index is 686. The number of rotatable bonds is 3. The van der Waals surface area contributed by atoms with Gasteiger partial charge in [0, 0.05) is 5.92 Å². The molecule has 0 spiro atoms. The first-order chi connectivity index (χ1) is 12.2. The van der Waals surface area contributed by atoms with E-state index in [0.29, 0.717) is 42.3 Å². The number of nitrogens with zero attached hydrogens (tertiary/aromatic N) is 2. The highest BCUT2D eigenvalue weighted by Crippen LogP contribution is 2.57. The van der Waals surface area contributed by atoms with Crippen LogP contribution in [0.3, 0.4) is 0 Å². The van der Waals surface area contributed by atoms with Crippen LogP contribution in [0.2, 0.25) is 0 Å². The number of amides is 1. The molecule has 1 aromatic rings. The minimum absolute atomic E-state index is 0.0914. The van der Waals surface area contributed by atoms with Crippen molar-refractivity contribution in [2.24, 2.45) is 29.6 Å². The van der Waals surface area contributed by atoms with Gasteiger partial charge in [-0.2, -0.15) is 5.26 Å². The molecule has 4 bridgehead atoms. The number of benzene rings is 1. The maximum Gasteiger partial charge on any atom is 0.226 e. The predicted molar refractivity (Wildman–Crippen MR) is 92.7 cm³/mol. The summed E-state index contributed by atoms with van der Waals surface area (Å²) >= 11 is 0. The average molecular weight is 336 g/mol. The molecule has 0 aromatic heterocycles. The van der Waals surface area contributed by atoms with Crippen LogP contribution in [0.1, 0.15) is 37.7 Å². The Morgan fingerprint density at radius 3 is 2.16 bits per heavy atom. The summed E-state index contributed by atoms with van der Waals surface area (Å²) < 4.78 is 5.93. The lowest BCUT2D eigenvalue weighted by Crippen LogP contribution is -2.61. The molecule has 5 aliphatic rings. The fraction of sp³-hybridized carbons (Fsp3) is 0.619. The number of ether oxygens (including phenoxy) is 1. The van der Waals surface area contributed by atoms with Crippen molar-refractivity contribution >= 4 is 5.91 Å². The van der Waals surface area contributed by atoms with Crippen molar-refractivity contribution in [2.45, 2.75) is 38.2 Å². The van der Waals surface area contributed by atoms with Crippen LogP contribution in [-0.4, -0.2) is 30.0 Å². The lowest BCUT2D eigenvalue weighted by molar-refractivity contribution is -0.157. The van der Waals surface area contributed by atoms with Crippen molar-refractivity contribution in [3.05, 3.63) is 29.8 Å². The molecule has 4 saturated carbocycles. The van der Waals surface area contributed by atoms with E-state index in [0.717, 1.165) is 17.6 Å². The van der Waals surface area contributed by atoms with Crippen LogP contribution in [0.25, 0.3) is 0 Å². The van der Waals surface area contributed by atoms with Crippen molar-refractivity contribution in [1.82, 2.24) is 4.90 Å². The second-order valence-corrected chi connectivity index (χ2v) is 8.58. The van der Waals surface area contributed by atoms with E-state index in [1.54, 1.807) is 12.1 Å². The first kappa shape index (κ1) is 15.3. The van der Waals surface area contributed by atoms with Gasteiger partial charge in [0.25, 0.3) is 0 Å². The molecular formula is C21H24N2O2. The molecule has 130 valence electrons. The van der Waals surface area contributed by atoms with E-state index in [1.807, 2.05) is 17.0 Å². The highest BCUT2D eigenvalue weighted by Gasteiger charge is 2.52. The van der Waals surface area contributed by atoms with Gasteiger partial charge in [-0.1, -0.05) is 0 Å². The van der Waals surface area contributed by atoms with Gasteiger partial charge in [-0.05, 0) is 80.0 Å². The Morgan fingerprint density at radius 1 is 1.00 bits per heavy atom. The number of hydrogen-bond acceptors (Lipinski definition) is 3. The van der Waals surface area contributed by atoms with E-state index in [-0.39, 0.29) is 6.10 Å². The molecule has 5 fully saturated rings. The zero-order valence-corrected chi connectivity index (χ0v) is 14.4. The SMILES string of the molecule is N#Cc1ccc(OC2CN(C(=O)C3C4CC5CC(C4)CC3C5)C2)cc1. The largest absolute Gasteiger partial charge is 0.487 e. The smallest absolute Gasteiger partial charge is 0.226 e. The standard InChI is InChI=1S/C21H24N2O2/c22-10-13-1-3-18(4-2-13)25-19-11-23(12-19)21(24)20-16-6-14-5-15(8-16)9-17(20)7-14/h1-4,14-17,19-20H,5-9,11-12H2. The second-order valence-electron chi connectivity index (χ2n) is 8.58. The van der Waals surface area contributed by atoms with Gasteiger partial charge in [0.2, 0.25) is 5.91 Å². The molecule has 4 heteroatoms. The predicted octanol–water partition coefficient (Wildman–Crippen LogP) is 3.22. The summed E-state index contributed by atoms with van der Waals surface area (Å²) in [7, 11) is 0. The molecule has 0 N–H and O–H groups in total. The number of nitriles is 1. The molecule has 25 heavy (non-hydrogen) atoms. The monoisotopic (exact) mass is 336 g/mol. The van der Waals surface area contributed by atoms with Gasteiger partial charge in [0.1, 0.15) is 11.9 Å². The van der Waals surface area contributed by atoms with Gasteiger partial charge < -0.3 is 9.64 Å². The number of carbonyl (C=O) groups is 1. The molecule has 6 rings (SSSR count). The van der Waals surface area contributed by atoms with Gasteiger partial charge in [-0.15, -0.1) is 0 Å². The maximum atomic E-state index is 13.0. The summed E-state index contributed by atoms with van der Waals surface area (Å²) in [6.45, 7) is 1.42. The van der Waals surface area contributed by atoms with Gasteiger partial charge >= 0.3 is 0 Å². The average Bonchev–Trinajstić information content (AvgIpc) is 2.57. The lowest BCUT2D eigenvalue weighted by Gasteiger charge is -2.55. The summed E-state index contributed by atoms with van der Waals surface area (Å²) in [6.07, 6.45) is 6.70. The van der Waals surface area contributed by atoms with Crippen molar-refractivity contribution in [3.63, 3.8) is 0 Å². The Labute approximate surface area is 148 Å². The Balaban J connectivity index is 1.18. The molecule has 0 unspecified atom stereocenters. The molecular weight excluding hydrogens is 312 g/mol. The summed E-state index contributed by atoms with van der Waals surface area (Å²) in [4.78, 5) is 15.0. The molecule has 1 heterocycles. The third-order valence-electron chi connectivity index (χ3n) is 6.96. The lowest BCUT2D eigenvalue weighted by atomic mass is 9.51. The van der Waals surface area contributed by atoms with Crippen molar-refractivity contribution in [3.8, 4) is 11.8 Å². The summed E-state index contributed by atoms with van der Waals surface area (Å²) in [6, 6.07) is 9.32. The van der Waals surface area contributed by atoms with Crippen molar-refractivity contribution in [1.29, 1.82) is 5.26 Å². The minimum atomic E-state index is 0.0914. The van der Waals surface area contributed by atoms with Crippen LogP contribution in [0, 0.1) is 40.9 Å². The fourth-order valence-corrected chi connectivity index (χ4v) is 6.03.